The monoisotopic (exact) mass is 300 g/mol. The second-order valence-corrected chi connectivity index (χ2v) is 4.79. The third kappa shape index (κ3) is 2.53. The number of rotatable bonds is 4. The van der Waals surface area contributed by atoms with Crippen molar-refractivity contribution >= 4 is 21.7 Å². The molecule has 0 aliphatic rings. The molecule has 0 spiro atoms. The normalized spacial score (nSPS) is 10.5. The quantitative estimate of drug-likeness (QED) is 0.870. The highest BCUT2D eigenvalue weighted by Gasteiger charge is 2.21. The van der Waals surface area contributed by atoms with Crippen LogP contribution in [0.3, 0.4) is 0 Å². The van der Waals surface area contributed by atoms with Gasteiger partial charge in [-0.1, -0.05) is 15.9 Å². The molecule has 0 bridgehead atoms. The molecule has 0 aliphatic heterocycles. The van der Waals surface area contributed by atoms with E-state index in [0.29, 0.717) is 11.3 Å². The molecule has 0 heterocycles. The molecular weight excluding hydrogens is 284 g/mol. The van der Waals surface area contributed by atoms with Crippen molar-refractivity contribution < 1.29 is 14.6 Å². The number of Topliss-reactive ketones (excluding diaryl/α,β-unsaturated/α-hetero) is 1. The van der Waals surface area contributed by atoms with E-state index in [4.69, 9.17) is 9.84 Å². The fraction of sp³-hybridized carbons (Fsp3) is 0.462. The first kappa shape index (κ1) is 14.2. The minimum absolute atomic E-state index is 0.0920. The average molecular weight is 301 g/mol. The summed E-state index contributed by atoms with van der Waals surface area (Å²) in [6, 6.07) is 0. The van der Waals surface area contributed by atoms with Gasteiger partial charge in [0.25, 0.3) is 0 Å². The summed E-state index contributed by atoms with van der Waals surface area (Å²) in [5, 5.41) is 8.87. The maximum atomic E-state index is 12.0. The molecule has 0 unspecified atom stereocenters. The zero-order valence-corrected chi connectivity index (χ0v) is 12.1. The molecule has 0 saturated carbocycles. The standard InChI is InChI=1S/C13H17BrO3/c1-7-8(2)13(17-4)11(9(3)12(7)14)10(16)5-6-15/h15H,5-6H2,1-4H3. The number of carbonyl (C=O) groups is 1. The third-order valence-corrected chi connectivity index (χ3v) is 4.17. The van der Waals surface area contributed by atoms with Crippen LogP contribution in [0.25, 0.3) is 0 Å². The van der Waals surface area contributed by atoms with Gasteiger partial charge in [0.2, 0.25) is 0 Å². The summed E-state index contributed by atoms with van der Waals surface area (Å²) in [7, 11) is 1.56. The zero-order chi connectivity index (χ0) is 13.2. The van der Waals surface area contributed by atoms with Crippen LogP contribution in [0.5, 0.6) is 5.75 Å². The van der Waals surface area contributed by atoms with Crippen molar-refractivity contribution in [1.29, 1.82) is 0 Å². The third-order valence-electron chi connectivity index (χ3n) is 2.99. The highest BCUT2D eigenvalue weighted by molar-refractivity contribution is 9.10. The highest BCUT2D eigenvalue weighted by atomic mass is 79.9. The molecule has 94 valence electrons. The van der Waals surface area contributed by atoms with Crippen molar-refractivity contribution in [3.63, 3.8) is 0 Å². The second-order valence-electron chi connectivity index (χ2n) is 3.99. The second kappa shape index (κ2) is 5.65. The molecule has 4 heteroatoms. The van der Waals surface area contributed by atoms with E-state index in [9.17, 15) is 4.79 Å². The van der Waals surface area contributed by atoms with Gasteiger partial charge in [0.05, 0.1) is 19.3 Å². The molecular formula is C13H17BrO3. The smallest absolute Gasteiger partial charge is 0.169 e. The predicted octanol–water partition coefficient (Wildman–Crippen LogP) is 2.95. The Balaban J connectivity index is 3.52. The number of carbonyl (C=O) groups excluding carboxylic acids is 1. The Kier molecular flexibility index (Phi) is 4.71. The summed E-state index contributed by atoms with van der Waals surface area (Å²) in [5.74, 6) is 0.521. The SMILES string of the molecule is COc1c(C)c(C)c(Br)c(C)c1C(=O)CCO. The van der Waals surface area contributed by atoms with Gasteiger partial charge in [-0.15, -0.1) is 0 Å². The average Bonchev–Trinajstić information content (AvgIpc) is 2.31. The van der Waals surface area contributed by atoms with E-state index in [1.165, 1.54) is 0 Å². The fourth-order valence-corrected chi connectivity index (χ4v) is 2.40. The minimum atomic E-state index is -0.147. The lowest BCUT2D eigenvalue weighted by molar-refractivity contribution is 0.0953. The summed E-state index contributed by atoms with van der Waals surface area (Å²) in [6.45, 7) is 5.64. The lowest BCUT2D eigenvalue weighted by atomic mass is 9.95. The zero-order valence-electron chi connectivity index (χ0n) is 10.6. The lowest BCUT2D eigenvalue weighted by Gasteiger charge is -2.17. The van der Waals surface area contributed by atoms with E-state index < -0.39 is 0 Å². The number of aliphatic hydroxyl groups excluding tert-OH is 1. The van der Waals surface area contributed by atoms with Crippen molar-refractivity contribution in [3.05, 3.63) is 26.7 Å². The van der Waals surface area contributed by atoms with Crippen LogP contribution in [-0.2, 0) is 0 Å². The van der Waals surface area contributed by atoms with Gasteiger partial charge in [0.1, 0.15) is 5.75 Å². The number of hydrogen-bond donors (Lipinski definition) is 1. The number of ketones is 1. The first-order valence-electron chi connectivity index (χ1n) is 5.43. The molecule has 0 aliphatic carbocycles. The molecule has 1 aromatic rings. The van der Waals surface area contributed by atoms with E-state index in [1.54, 1.807) is 7.11 Å². The summed E-state index contributed by atoms with van der Waals surface area (Å²) in [4.78, 5) is 12.0. The first-order valence-corrected chi connectivity index (χ1v) is 6.22. The molecule has 17 heavy (non-hydrogen) atoms. The number of hydrogen-bond acceptors (Lipinski definition) is 3. The number of halogens is 1. The Bertz CT molecular complexity index is 453. The predicted molar refractivity (Wildman–Crippen MR) is 70.9 cm³/mol. The summed E-state index contributed by atoms with van der Waals surface area (Å²) in [5.41, 5.74) is 3.45. The van der Waals surface area contributed by atoms with Crippen LogP contribution in [0.2, 0.25) is 0 Å². The number of benzene rings is 1. The van der Waals surface area contributed by atoms with Crippen LogP contribution < -0.4 is 4.74 Å². The van der Waals surface area contributed by atoms with Crippen molar-refractivity contribution in [2.75, 3.05) is 13.7 Å². The Morgan fingerprint density at radius 1 is 1.24 bits per heavy atom. The molecule has 3 nitrogen and oxygen atoms in total. The first-order chi connectivity index (χ1) is 7.95. The van der Waals surface area contributed by atoms with E-state index in [1.807, 2.05) is 20.8 Å². The lowest BCUT2D eigenvalue weighted by Crippen LogP contribution is -2.09. The molecule has 1 N–H and O–H groups in total. The van der Waals surface area contributed by atoms with Crippen LogP contribution in [-0.4, -0.2) is 24.6 Å². The van der Waals surface area contributed by atoms with Gasteiger partial charge >= 0.3 is 0 Å². The van der Waals surface area contributed by atoms with Crippen LogP contribution in [0.4, 0.5) is 0 Å². The molecule has 0 saturated heterocycles. The van der Waals surface area contributed by atoms with Gasteiger partial charge in [-0.25, -0.2) is 0 Å². The molecule has 0 amide bonds. The molecule has 1 aromatic carbocycles. The Morgan fingerprint density at radius 3 is 2.29 bits per heavy atom. The number of aliphatic hydroxyl groups is 1. The minimum Gasteiger partial charge on any atom is -0.496 e. The van der Waals surface area contributed by atoms with Crippen LogP contribution in [0.1, 0.15) is 33.5 Å². The maximum Gasteiger partial charge on any atom is 0.169 e. The topological polar surface area (TPSA) is 46.5 Å². The van der Waals surface area contributed by atoms with Gasteiger partial charge in [-0.3, -0.25) is 4.79 Å². The summed E-state index contributed by atoms with van der Waals surface area (Å²) >= 11 is 3.49. The van der Waals surface area contributed by atoms with Gasteiger partial charge in [0.15, 0.2) is 5.78 Å². The fourth-order valence-electron chi connectivity index (χ4n) is 1.90. The van der Waals surface area contributed by atoms with Crippen molar-refractivity contribution in [2.45, 2.75) is 27.2 Å². The maximum absolute atomic E-state index is 12.0. The van der Waals surface area contributed by atoms with E-state index >= 15 is 0 Å². The molecule has 0 atom stereocenters. The Hall–Kier alpha value is -0.870. The van der Waals surface area contributed by atoms with Crippen molar-refractivity contribution in [1.82, 2.24) is 0 Å². The Labute approximate surface area is 110 Å². The van der Waals surface area contributed by atoms with Gasteiger partial charge < -0.3 is 9.84 Å². The van der Waals surface area contributed by atoms with Crippen LogP contribution >= 0.6 is 15.9 Å². The van der Waals surface area contributed by atoms with E-state index in [2.05, 4.69) is 15.9 Å². The number of methoxy groups -OCH3 is 1. The summed E-state index contributed by atoms with van der Waals surface area (Å²) in [6.07, 6.45) is 0.117. The van der Waals surface area contributed by atoms with E-state index in [-0.39, 0.29) is 18.8 Å². The van der Waals surface area contributed by atoms with Crippen LogP contribution in [0, 0.1) is 20.8 Å². The van der Waals surface area contributed by atoms with Crippen LogP contribution in [0.15, 0.2) is 4.47 Å². The molecule has 0 aromatic heterocycles. The summed E-state index contributed by atoms with van der Waals surface area (Å²) < 4.78 is 6.26. The molecule has 0 radical (unpaired) electrons. The van der Waals surface area contributed by atoms with E-state index in [0.717, 1.165) is 21.2 Å². The van der Waals surface area contributed by atoms with Gasteiger partial charge in [0, 0.05) is 10.9 Å². The van der Waals surface area contributed by atoms with Crippen molar-refractivity contribution in [2.24, 2.45) is 0 Å². The van der Waals surface area contributed by atoms with Gasteiger partial charge in [-0.05, 0) is 37.5 Å². The molecule has 0 fully saturated rings. The Morgan fingerprint density at radius 2 is 1.82 bits per heavy atom. The highest BCUT2D eigenvalue weighted by Crippen LogP contribution is 2.36. The van der Waals surface area contributed by atoms with Gasteiger partial charge in [-0.2, -0.15) is 0 Å². The largest absolute Gasteiger partial charge is 0.496 e. The number of ether oxygens (including phenoxy) is 1. The molecule has 1 rings (SSSR count). The van der Waals surface area contributed by atoms with Crippen molar-refractivity contribution in [3.8, 4) is 5.75 Å².